The van der Waals surface area contributed by atoms with Crippen LogP contribution in [0.5, 0.6) is 0 Å². The van der Waals surface area contributed by atoms with Gasteiger partial charge in [0.15, 0.2) is 0 Å². The minimum absolute atomic E-state index is 0.304. The van der Waals surface area contributed by atoms with Crippen molar-refractivity contribution < 1.29 is 23.9 Å². The number of hydrogen-bond donors (Lipinski definition) is 1. The summed E-state index contributed by atoms with van der Waals surface area (Å²) in [7, 11) is 1.27. The highest BCUT2D eigenvalue weighted by Crippen LogP contribution is 2.34. The van der Waals surface area contributed by atoms with Crippen molar-refractivity contribution in [3.63, 3.8) is 0 Å². The molecule has 1 aliphatic rings. The summed E-state index contributed by atoms with van der Waals surface area (Å²) in [6.07, 6.45) is 2.33. The number of amides is 1. The Kier molecular flexibility index (Phi) is 3.10. The molecule has 0 aromatic carbocycles. The van der Waals surface area contributed by atoms with E-state index in [4.69, 9.17) is 0 Å². The molecule has 0 fully saturated rings. The molecule has 1 heterocycles. The number of hydrogen-bond acceptors (Lipinski definition) is 3. The van der Waals surface area contributed by atoms with Gasteiger partial charge in [-0.3, -0.25) is 0 Å². The zero-order valence-corrected chi connectivity index (χ0v) is 10.1. The van der Waals surface area contributed by atoms with Crippen LogP contribution in [0.4, 0.5) is 4.79 Å². The molecule has 1 amide bonds. The van der Waals surface area contributed by atoms with E-state index in [1.807, 2.05) is 20.8 Å². The number of nitrogens with zero attached hydrogens (tertiary/aromatic N) is 1. The average molecular weight is 228 g/mol. The number of ether oxygens (including phenoxy) is 1. The largest absolute Gasteiger partial charge is 0.515 e. The Hall–Kier alpha value is -1.36. The molecule has 0 aromatic heterocycles. The molecule has 0 spiro atoms. The van der Waals surface area contributed by atoms with Gasteiger partial charge in [0.2, 0.25) is 6.04 Å². The summed E-state index contributed by atoms with van der Waals surface area (Å²) in [6.45, 7) is 5.73. The lowest BCUT2D eigenvalue weighted by molar-refractivity contribution is -0.902. The van der Waals surface area contributed by atoms with Crippen molar-refractivity contribution in [2.24, 2.45) is 0 Å². The molecule has 5 nitrogen and oxygen atoms in total. The van der Waals surface area contributed by atoms with Crippen LogP contribution in [0.3, 0.4) is 0 Å². The number of carboxylic acid groups (broad SMARTS) is 1. The molecular weight excluding hydrogens is 210 g/mol. The number of rotatable bonds is 1. The van der Waals surface area contributed by atoms with Crippen LogP contribution in [0, 0.1) is 0 Å². The van der Waals surface area contributed by atoms with E-state index in [2.05, 4.69) is 4.74 Å². The van der Waals surface area contributed by atoms with Crippen LogP contribution in [0.25, 0.3) is 0 Å². The second kappa shape index (κ2) is 3.90. The molecule has 1 unspecified atom stereocenters. The third-order valence-corrected chi connectivity index (χ3v) is 3.17. The Morgan fingerprint density at radius 2 is 2.00 bits per heavy atom. The Balaban J connectivity index is 3.23. The lowest BCUT2D eigenvalue weighted by atomic mass is 10.00. The standard InChI is InChI=1S/C11H17NO4/c1-11(2,3)12(10(14)15)7-5-6-8(12)9(13)16-4/h5-6,8H,7H2,1-4H3/p+1/t8-,12?/m0/s1. The SMILES string of the molecule is COC(=O)[C@@H]1C=CC[N+]1(C(=O)O)C(C)(C)C. The van der Waals surface area contributed by atoms with Crippen molar-refractivity contribution in [2.45, 2.75) is 32.4 Å². The fourth-order valence-electron chi connectivity index (χ4n) is 2.17. The zero-order chi connectivity index (χ0) is 12.6. The van der Waals surface area contributed by atoms with Crippen molar-refractivity contribution >= 4 is 12.1 Å². The van der Waals surface area contributed by atoms with Crippen LogP contribution in [-0.2, 0) is 9.53 Å². The van der Waals surface area contributed by atoms with Gasteiger partial charge in [0.25, 0.3) is 0 Å². The van der Waals surface area contributed by atoms with Crippen LogP contribution < -0.4 is 0 Å². The lowest BCUT2D eigenvalue weighted by Crippen LogP contribution is -2.68. The van der Waals surface area contributed by atoms with Crippen LogP contribution in [0.2, 0.25) is 0 Å². The van der Waals surface area contributed by atoms with Crippen molar-refractivity contribution in [3.05, 3.63) is 12.2 Å². The number of quaternary nitrogens is 1. The molecule has 0 saturated heterocycles. The molecule has 2 atom stereocenters. The smallest absolute Gasteiger partial charge is 0.464 e. The lowest BCUT2D eigenvalue weighted by Gasteiger charge is -2.43. The van der Waals surface area contributed by atoms with E-state index in [1.54, 1.807) is 12.2 Å². The summed E-state index contributed by atoms with van der Waals surface area (Å²) in [5.41, 5.74) is -0.575. The van der Waals surface area contributed by atoms with Gasteiger partial charge in [0.05, 0.1) is 7.11 Å². The second-order valence-electron chi connectivity index (χ2n) is 4.90. The van der Waals surface area contributed by atoms with Gasteiger partial charge in [-0.2, -0.15) is 9.28 Å². The quantitative estimate of drug-likeness (QED) is 0.418. The topological polar surface area (TPSA) is 63.6 Å². The Bertz CT molecular complexity index is 342. The van der Waals surface area contributed by atoms with Crippen molar-refractivity contribution in [1.82, 2.24) is 0 Å². The van der Waals surface area contributed by atoms with Crippen molar-refractivity contribution in [1.29, 1.82) is 0 Å². The number of carbonyl (C=O) groups excluding carboxylic acids is 1. The molecule has 1 rings (SSSR count). The van der Waals surface area contributed by atoms with E-state index >= 15 is 0 Å². The van der Waals surface area contributed by atoms with Crippen LogP contribution in [-0.4, -0.2) is 46.9 Å². The summed E-state index contributed by atoms with van der Waals surface area (Å²) in [5.74, 6) is -0.508. The fourth-order valence-corrected chi connectivity index (χ4v) is 2.17. The first-order valence-electron chi connectivity index (χ1n) is 5.13. The first-order valence-corrected chi connectivity index (χ1v) is 5.13. The van der Waals surface area contributed by atoms with E-state index in [9.17, 15) is 14.7 Å². The molecule has 90 valence electrons. The van der Waals surface area contributed by atoms with Gasteiger partial charge >= 0.3 is 12.1 Å². The molecular formula is C11H18NO4+. The first-order chi connectivity index (χ1) is 7.27. The molecule has 0 bridgehead atoms. The molecule has 16 heavy (non-hydrogen) atoms. The highest BCUT2D eigenvalue weighted by atomic mass is 16.5. The summed E-state index contributed by atoms with van der Waals surface area (Å²) in [6, 6.07) is -0.762. The summed E-state index contributed by atoms with van der Waals surface area (Å²) >= 11 is 0. The average Bonchev–Trinajstić information content (AvgIpc) is 2.60. The Morgan fingerprint density at radius 1 is 1.44 bits per heavy atom. The summed E-state index contributed by atoms with van der Waals surface area (Å²) in [5, 5.41) is 9.44. The third-order valence-electron chi connectivity index (χ3n) is 3.17. The molecule has 0 aliphatic carbocycles. The van der Waals surface area contributed by atoms with E-state index in [0.717, 1.165) is 0 Å². The highest BCUT2D eigenvalue weighted by Gasteiger charge is 2.57. The summed E-state index contributed by atoms with van der Waals surface area (Å²) < 4.78 is 4.33. The van der Waals surface area contributed by atoms with Gasteiger partial charge in [-0.1, -0.05) is 0 Å². The van der Waals surface area contributed by atoms with Gasteiger partial charge in [-0.15, -0.1) is 0 Å². The maximum Gasteiger partial charge on any atom is 0.515 e. The predicted octanol–water partition coefficient (Wildman–Crippen LogP) is 1.39. The molecule has 0 saturated carbocycles. The minimum Gasteiger partial charge on any atom is -0.464 e. The monoisotopic (exact) mass is 228 g/mol. The van der Waals surface area contributed by atoms with E-state index < -0.39 is 23.6 Å². The van der Waals surface area contributed by atoms with Gasteiger partial charge < -0.3 is 9.84 Å². The number of esters is 1. The van der Waals surface area contributed by atoms with Gasteiger partial charge in [-0.25, -0.2) is 4.79 Å². The highest BCUT2D eigenvalue weighted by molar-refractivity contribution is 5.79. The van der Waals surface area contributed by atoms with Crippen LogP contribution in [0.1, 0.15) is 20.8 Å². The maximum atomic E-state index is 11.6. The molecule has 0 radical (unpaired) electrons. The van der Waals surface area contributed by atoms with E-state index in [1.165, 1.54) is 7.11 Å². The van der Waals surface area contributed by atoms with Crippen molar-refractivity contribution in [3.8, 4) is 0 Å². The molecule has 1 aliphatic heterocycles. The van der Waals surface area contributed by atoms with Crippen LogP contribution >= 0.6 is 0 Å². The minimum atomic E-state index is -1.01. The van der Waals surface area contributed by atoms with E-state index in [0.29, 0.717) is 6.54 Å². The number of methoxy groups -OCH3 is 1. The van der Waals surface area contributed by atoms with Gasteiger partial charge in [0, 0.05) is 0 Å². The molecule has 1 N–H and O–H groups in total. The maximum absolute atomic E-state index is 11.6. The first kappa shape index (κ1) is 12.7. The van der Waals surface area contributed by atoms with Gasteiger partial charge in [-0.05, 0) is 32.9 Å². The summed E-state index contributed by atoms with van der Waals surface area (Å²) in [4.78, 5) is 23.2. The molecule has 0 aromatic rings. The Labute approximate surface area is 94.9 Å². The number of carbonyl (C=O) groups is 2. The van der Waals surface area contributed by atoms with Crippen molar-refractivity contribution in [2.75, 3.05) is 13.7 Å². The zero-order valence-electron chi connectivity index (χ0n) is 10.1. The van der Waals surface area contributed by atoms with Gasteiger partial charge in [0.1, 0.15) is 12.1 Å². The normalized spacial score (nSPS) is 29.1. The van der Waals surface area contributed by atoms with Crippen LogP contribution in [0.15, 0.2) is 12.2 Å². The fraction of sp³-hybridized carbons (Fsp3) is 0.636. The predicted molar refractivity (Wildman–Crippen MR) is 57.8 cm³/mol. The second-order valence-corrected chi connectivity index (χ2v) is 4.90. The third kappa shape index (κ3) is 1.61. The molecule has 5 heteroatoms. The van der Waals surface area contributed by atoms with E-state index in [-0.39, 0.29) is 4.48 Å². The Morgan fingerprint density at radius 3 is 2.38 bits per heavy atom.